The first-order valence-electron chi connectivity index (χ1n) is 4.15. The van der Waals surface area contributed by atoms with E-state index in [1.165, 1.54) is 0 Å². The Morgan fingerprint density at radius 3 is 2.85 bits per heavy atom. The van der Waals surface area contributed by atoms with Gasteiger partial charge in [0.2, 0.25) is 0 Å². The molecule has 0 amide bonds. The Morgan fingerprint density at radius 1 is 1.62 bits per heavy atom. The molecule has 13 heavy (non-hydrogen) atoms. The second-order valence-corrected chi connectivity index (χ2v) is 4.19. The van der Waals surface area contributed by atoms with Gasteiger partial charge in [-0.15, -0.1) is 6.58 Å². The largest absolute Gasteiger partial charge is 0.385 e. The molecule has 0 spiro atoms. The number of hydrogen-bond donors (Lipinski definition) is 1. The molecule has 0 aliphatic carbocycles. The summed E-state index contributed by atoms with van der Waals surface area (Å²) in [6, 6.07) is 7.68. The molecule has 0 heterocycles. The van der Waals surface area contributed by atoms with Crippen molar-refractivity contribution in [3.05, 3.63) is 47.0 Å². The zero-order valence-electron chi connectivity index (χ0n) is 7.63. The van der Waals surface area contributed by atoms with Gasteiger partial charge in [0.1, 0.15) is 0 Å². The van der Waals surface area contributed by atoms with Gasteiger partial charge in [-0.25, -0.2) is 0 Å². The van der Waals surface area contributed by atoms with Gasteiger partial charge in [0.25, 0.3) is 0 Å². The van der Waals surface area contributed by atoms with E-state index >= 15 is 0 Å². The lowest BCUT2D eigenvalue weighted by molar-refractivity contribution is 0.0606. The summed E-state index contributed by atoms with van der Waals surface area (Å²) in [6.45, 7) is 5.41. The molecule has 0 unspecified atom stereocenters. The third-order valence-corrected chi connectivity index (χ3v) is 2.48. The zero-order chi connectivity index (χ0) is 9.90. The Balaban J connectivity index is 2.99. The lowest BCUT2D eigenvalue weighted by Gasteiger charge is -2.22. The number of hydrogen-bond acceptors (Lipinski definition) is 1. The summed E-state index contributed by atoms with van der Waals surface area (Å²) >= 11 is 3.37. The lowest BCUT2D eigenvalue weighted by Crippen LogP contribution is -2.19. The Morgan fingerprint density at radius 2 is 2.31 bits per heavy atom. The van der Waals surface area contributed by atoms with E-state index in [9.17, 15) is 5.11 Å². The predicted octanol–water partition coefficient (Wildman–Crippen LogP) is 3.23. The highest BCUT2D eigenvalue weighted by molar-refractivity contribution is 9.10. The van der Waals surface area contributed by atoms with Crippen molar-refractivity contribution >= 4 is 15.9 Å². The van der Waals surface area contributed by atoms with Crippen LogP contribution in [0.4, 0.5) is 0 Å². The van der Waals surface area contributed by atoms with Gasteiger partial charge in [0.05, 0.1) is 5.60 Å². The molecule has 1 rings (SSSR count). The number of aliphatic hydroxyl groups is 1. The summed E-state index contributed by atoms with van der Waals surface area (Å²) in [4.78, 5) is 0. The highest BCUT2D eigenvalue weighted by Gasteiger charge is 2.20. The Kier molecular flexibility index (Phi) is 3.28. The molecule has 1 nitrogen and oxygen atoms in total. The van der Waals surface area contributed by atoms with Crippen molar-refractivity contribution < 1.29 is 5.11 Å². The Labute approximate surface area is 87.2 Å². The summed E-state index contributed by atoms with van der Waals surface area (Å²) in [5.41, 5.74) is 0.0905. The van der Waals surface area contributed by atoms with Gasteiger partial charge in [-0.3, -0.25) is 0 Å². The van der Waals surface area contributed by atoms with Crippen LogP contribution in [0.5, 0.6) is 0 Å². The Hall–Kier alpha value is -0.600. The molecule has 0 saturated heterocycles. The van der Waals surface area contributed by atoms with Crippen LogP contribution in [0.3, 0.4) is 0 Å². The molecule has 0 radical (unpaired) electrons. The second kappa shape index (κ2) is 4.07. The molecule has 0 fully saturated rings. The van der Waals surface area contributed by atoms with Gasteiger partial charge in [-0.2, -0.15) is 0 Å². The Bertz CT molecular complexity index is 305. The van der Waals surface area contributed by atoms with E-state index in [0.717, 1.165) is 10.0 Å². The van der Waals surface area contributed by atoms with Crippen LogP contribution in [0.2, 0.25) is 0 Å². The van der Waals surface area contributed by atoms with Crippen molar-refractivity contribution in [2.45, 2.75) is 18.9 Å². The lowest BCUT2D eigenvalue weighted by atomic mass is 9.93. The fourth-order valence-electron chi connectivity index (χ4n) is 1.22. The van der Waals surface area contributed by atoms with Gasteiger partial charge >= 0.3 is 0 Å². The molecule has 0 aliphatic heterocycles. The summed E-state index contributed by atoms with van der Waals surface area (Å²) in [7, 11) is 0. The average molecular weight is 241 g/mol. The van der Waals surface area contributed by atoms with Crippen LogP contribution >= 0.6 is 15.9 Å². The molecule has 1 aromatic carbocycles. The minimum Gasteiger partial charge on any atom is -0.385 e. The van der Waals surface area contributed by atoms with E-state index in [2.05, 4.69) is 22.5 Å². The molecule has 2 heteroatoms. The van der Waals surface area contributed by atoms with Gasteiger partial charge in [0, 0.05) is 4.47 Å². The summed E-state index contributed by atoms with van der Waals surface area (Å²) in [5.74, 6) is 0. The van der Waals surface area contributed by atoms with Crippen molar-refractivity contribution in [2.75, 3.05) is 0 Å². The minimum absolute atomic E-state index is 0.559. The zero-order valence-corrected chi connectivity index (χ0v) is 9.21. The molecular formula is C11H13BrO. The summed E-state index contributed by atoms with van der Waals surface area (Å²) in [5, 5.41) is 10.0. The van der Waals surface area contributed by atoms with E-state index in [0.29, 0.717) is 6.42 Å². The van der Waals surface area contributed by atoms with Gasteiger partial charge in [-0.1, -0.05) is 34.1 Å². The first-order chi connectivity index (χ1) is 6.06. The topological polar surface area (TPSA) is 20.2 Å². The number of halogens is 1. The summed E-state index contributed by atoms with van der Waals surface area (Å²) < 4.78 is 0.981. The van der Waals surface area contributed by atoms with E-state index < -0.39 is 5.60 Å². The molecule has 70 valence electrons. The first-order valence-corrected chi connectivity index (χ1v) is 4.95. The average Bonchev–Trinajstić information content (AvgIpc) is 2.04. The van der Waals surface area contributed by atoms with Gasteiger partial charge in [-0.05, 0) is 31.0 Å². The van der Waals surface area contributed by atoms with Gasteiger partial charge < -0.3 is 5.11 Å². The molecule has 1 N–H and O–H groups in total. The second-order valence-electron chi connectivity index (χ2n) is 3.28. The van der Waals surface area contributed by atoms with Crippen molar-refractivity contribution in [2.24, 2.45) is 0 Å². The van der Waals surface area contributed by atoms with Crippen LogP contribution < -0.4 is 0 Å². The molecule has 0 bridgehead atoms. The van der Waals surface area contributed by atoms with E-state index in [4.69, 9.17) is 0 Å². The minimum atomic E-state index is -0.814. The van der Waals surface area contributed by atoms with Crippen molar-refractivity contribution in [1.82, 2.24) is 0 Å². The number of rotatable bonds is 3. The highest BCUT2D eigenvalue weighted by atomic mass is 79.9. The maximum atomic E-state index is 10.0. The quantitative estimate of drug-likeness (QED) is 0.805. The fourth-order valence-corrected chi connectivity index (χ4v) is 1.62. The van der Waals surface area contributed by atoms with E-state index in [-0.39, 0.29) is 0 Å². The standard InChI is InChI=1S/C11H13BrO/c1-3-7-11(2,13)9-5-4-6-10(12)8-9/h3-6,8,13H,1,7H2,2H3/t11-/m0/s1. The predicted molar refractivity (Wildman–Crippen MR) is 58.5 cm³/mol. The summed E-state index contributed by atoms with van der Waals surface area (Å²) in [6.07, 6.45) is 2.28. The fraction of sp³-hybridized carbons (Fsp3) is 0.273. The third kappa shape index (κ3) is 2.68. The molecule has 0 saturated carbocycles. The maximum absolute atomic E-state index is 10.0. The third-order valence-electron chi connectivity index (χ3n) is 1.99. The SMILES string of the molecule is C=CC[C@](C)(O)c1cccc(Br)c1. The molecule has 0 aliphatic rings. The van der Waals surface area contributed by atoms with Crippen molar-refractivity contribution in [3.8, 4) is 0 Å². The van der Waals surface area contributed by atoms with Crippen LogP contribution in [0, 0.1) is 0 Å². The molecular weight excluding hydrogens is 228 g/mol. The maximum Gasteiger partial charge on any atom is 0.0903 e. The molecule has 1 aromatic rings. The first kappa shape index (κ1) is 10.5. The van der Waals surface area contributed by atoms with E-state index in [1.54, 1.807) is 13.0 Å². The van der Waals surface area contributed by atoms with Crippen LogP contribution in [-0.2, 0) is 5.60 Å². The smallest absolute Gasteiger partial charge is 0.0903 e. The van der Waals surface area contributed by atoms with Crippen LogP contribution in [-0.4, -0.2) is 5.11 Å². The van der Waals surface area contributed by atoms with Crippen molar-refractivity contribution in [1.29, 1.82) is 0 Å². The van der Waals surface area contributed by atoms with Crippen molar-refractivity contribution in [3.63, 3.8) is 0 Å². The van der Waals surface area contributed by atoms with Gasteiger partial charge in [0.15, 0.2) is 0 Å². The van der Waals surface area contributed by atoms with Crippen LogP contribution in [0.25, 0.3) is 0 Å². The molecule has 1 atom stereocenters. The highest BCUT2D eigenvalue weighted by Crippen LogP contribution is 2.26. The van der Waals surface area contributed by atoms with Crippen LogP contribution in [0.15, 0.2) is 41.4 Å². The van der Waals surface area contributed by atoms with Crippen LogP contribution in [0.1, 0.15) is 18.9 Å². The van der Waals surface area contributed by atoms with E-state index in [1.807, 2.05) is 24.3 Å². The molecule has 0 aromatic heterocycles. The number of benzene rings is 1. The monoisotopic (exact) mass is 240 g/mol. The normalized spacial score (nSPS) is 15.0.